The second-order valence-electron chi connectivity index (χ2n) is 5.38. The van der Waals surface area contributed by atoms with E-state index >= 15 is 0 Å². The fraction of sp³-hybridized carbons (Fsp3) is 0.438. The number of nitrogens with one attached hydrogen (secondary N) is 1. The summed E-state index contributed by atoms with van der Waals surface area (Å²) < 4.78 is 24.1. The Morgan fingerprint density at radius 2 is 2.23 bits per heavy atom. The quantitative estimate of drug-likeness (QED) is 0.921. The van der Waals surface area contributed by atoms with Gasteiger partial charge in [0.05, 0.1) is 19.3 Å². The number of hydrogen-bond acceptors (Lipinski definition) is 4. The predicted molar refractivity (Wildman–Crippen MR) is 80.4 cm³/mol. The first-order chi connectivity index (χ1) is 10.7. The highest BCUT2D eigenvalue weighted by Gasteiger charge is 2.26. The molecule has 1 atom stereocenters. The first-order valence-corrected chi connectivity index (χ1v) is 7.44. The van der Waals surface area contributed by atoms with Gasteiger partial charge >= 0.3 is 0 Å². The van der Waals surface area contributed by atoms with Gasteiger partial charge in [0, 0.05) is 25.0 Å². The van der Waals surface area contributed by atoms with Gasteiger partial charge in [-0.05, 0) is 31.2 Å². The smallest absolute Gasteiger partial charge is 0.126 e. The normalized spacial score (nSPS) is 19.3. The molecule has 0 spiro atoms. The number of nitrogens with zero attached hydrogens (tertiary/aromatic N) is 2. The molecule has 1 N–H and O–H groups in total. The first kappa shape index (κ1) is 15.0. The molecule has 118 valence electrons. The molecule has 1 fully saturated rings. The van der Waals surface area contributed by atoms with Gasteiger partial charge in [-0.1, -0.05) is 0 Å². The Bertz CT molecular complexity index is 600. The lowest BCUT2D eigenvalue weighted by Gasteiger charge is -2.34. The van der Waals surface area contributed by atoms with E-state index in [0.29, 0.717) is 25.6 Å². The second-order valence-corrected chi connectivity index (χ2v) is 5.38. The zero-order valence-electron chi connectivity index (χ0n) is 12.6. The highest BCUT2D eigenvalue weighted by atomic mass is 19.1. The van der Waals surface area contributed by atoms with E-state index in [-0.39, 0.29) is 11.9 Å². The number of aryl methyl sites for hydroxylation is 1. The molecule has 1 aromatic heterocycles. The lowest BCUT2D eigenvalue weighted by Crippen LogP contribution is -2.42. The minimum atomic E-state index is -0.256. The van der Waals surface area contributed by atoms with Crippen LogP contribution in [0.25, 0.3) is 0 Å². The van der Waals surface area contributed by atoms with Crippen LogP contribution in [-0.4, -0.2) is 47.8 Å². The highest BCUT2D eigenvalue weighted by molar-refractivity contribution is 5.22. The molecule has 2 aromatic rings. The van der Waals surface area contributed by atoms with Crippen LogP contribution in [0.5, 0.6) is 5.75 Å². The SMILES string of the molecule is Cc1cnc(C2COCCN2CCOc2ccc(F)cc2)[nH]1. The zero-order valence-corrected chi connectivity index (χ0v) is 12.6. The van der Waals surface area contributed by atoms with Gasteiger partial charge < -0.3 is 14.5 Å². The van der Waals surface area contributed by atoms with E-state index in [1.807, 2.05) is 13.1 Å². The molecule has 2 heterocycles. The van der Waals surface area contributed by atoms with Gasteiger partial charge in [-0.3, -0.25) is 4.90 Å². The van der Waals surface area contributed by atoms with E-state index in [0.717, 1.165) is 24.6 Å². The second kappa shape index (κ2) is 6.89. The topological polar surface area (TPSA) is 50.4 Å². The summed E-state index contributed by atoms with van der Waals surface area (Å²) in [6.45, 7) is 5.49. The number of imidazole rings is 1. The van der Waals surface area contributed by atoms with Crippen LogP contribution in [0.15, 0.2) is 30.5 Å². The van der Waals surface area contributed by atoms with Crippen LogP contribution >= 0.6 is 0 Å². The summed E-state index contributed by atoms with van der Waals surface area (Å²) >= 11 is 0. The van der Waals surface area contributed by atoms with Gasteiger partial charge in [-0.2, -0.15) is 0 Å². The van der Waals surface area contributed by atoms with E-state index in [4.69, 9.17) is 9.47 Å². The summed E-state index contributed by atoms with van der Waals surface area (Å²) in [5.41, 5.74) is 1.04. The van der Waals surface area contributed by atoms with Crippen LogP contribution in [-0.2, 0) is 4.74 Å². The molecule has 0 saturated carbocycles. The largest absolute Gasteiger partial charge is 0.492 e. The first-order valence-electron chi connectivity index (χ1n) is 7.44. The molecule has 1 aromatic carbocycles. The van der Waals surface area contributed by atoms with Crippen molar-refractivity contribution in [3.63, 3.8) is 0 Å². The number of benzene rings is 1. The van der Waals surface area contributed by atoms with Crippen molar-refractivity contribution in [3.8, 4) is 5.75 Å². The Morgan fingerprint density at radius 3 is 2.95 bits per heavy atom. The third-order valence-corrected chi connectivity index (χ3v) is 3.74. The number of rotatable bonds is 5. The van der Waals surface area contributed by atoms with Crippen molar-refractivity contribution in [2.75, 3.05) is 32.9 Å². The standard InChI is InChI=1S/C16H20FN3O2/c1-12-10-18-16(19-12)15-11-21-8-6-20(15)7-9-22-14-4-2-13(17)3-5-14/h2-5,10,15H,6-9,11H2,1H3,(H,18,19). The van der Waals surface area contributed by atoms with Gasteiger partial charge in [-0.25, -0.2) is 9.37 Å². The number of halogens is 1. The molecule has 1 aliphatic heterocycles. The van der Waals surface area contributed by atoms with Gasteiger partial charge in [-0.15, -0.1) is 0 Å². The van der Waals surface area contributed by atoms with Crippen LogP contribution in [0.2, 0.25) is 0 Å². The molecule has 1 aliphatic rings. The Labute approximate surface area is 129 Å². The molecule has 0 radical (unpaired) electrons. The summed E-state index contributed by atoms with van der Waals surface area (Å²) in [7, 11) is 0. The van der Waals surface area contributed by atoms with Crippen molar-refractivity contribution in [2.45, 2.75) is 13.0 Å². The van der Waals surface area contributed by atoms with Crippen molar-refractivity contribution < 1.29 is 13.9 Å². The number of aromatic amines is 1. The van der Waals surface area contributed by atoms with Crippen LogP contribution in [0, 0.1) is 12.7 Å². The average molecular weight is 305 g/mol. The third kappa shape index (κ3) is 3.64. The maximum absolute atomic E-state index is 12.9. The Morgan fingerprint density at radius 1 is 1.41 bits per heavy atom. The fourth-order valence-electron chi connectivity index (χ4n) is 2.57. The molecule has 1 unspecified atom stereocenters. The van der Waals surface area contributed by atoms with Crippen LogP contribution in [0.3, 0.4) is 0 Å². The average Bonchev–Trinajstić information content (AvgIpc) is 2.96. The Hall–Kier alpha value is -1.92. The molecule has 3 rings (SSSR count). The van der Waals surface area contributed by atoms with E-state index < -0.39 is 0 Å². The van der Waals surface area contributed by atoms with E-state index in [9.17, 15) is 4.39 Å². The minimum absolute atomic E-state index is 0.124. The molecule has 22 heavy (non-hydrogen) atoms. The van der Waals surface area contributed by atoms with E-state index in [2.05, 4.69) is 14.9 Å². The predicted octanol–water partition coefficient (Wildman–Crippen LogP) is 2.31. The summed E-state index contributed by atoms with van der Waals surface area (Å²) in [6, 6.07) is 6.21. The van der Waals surface area contributed by atoms with Gasteiger partial charge in [0.1, 0.15) is 24.0 Å². The molecule has 6 heteroatoms. The number of aromatic nitrogens is 2. The van der Waals surface area contributed by atoms with Crippen molar-refractivity contribution in [2.24, 2.45) is 0 Å². The van der Waals surface area contributed by atoms with Crippen LogP contribution in [0.4, 0.5) is 4.39 Å². The minimum Gasteiger partial charge on any atom is -0.492 e. The molecule has 0 bridgehead atoms. The Kier molecular flexibility index (Phi) is 4.70. The highest BCUT2D eigenvalue weighted by Crippen LogP contribution is 2.21. The molecule has 5 nitrogen and oxygen atoms in total. The molecular weight excluding hydrogens is 285 g/mol. The van der Waals surface area contributed by atoms with Crippen LogP contribution in [0.1, 0.15) is 17.6 Å². The van der Waals surface area contributed by atoms with E-state index in [1.54, 1.807) is 12.1 Å². The summed E-state index contributed by atoms with van der Waals surface area (Å²) in [5.74, 6) is 1.35. The fourth-order valence-corrected chi connectivity index (χ4v) is 2.57. The van der Waals surface area contributed by atoms with Crippen molar-refractivity contribution in [1.82, 2.24) is 14.9 Å². The number of H-pyrrole nitrogens is 1. The van der Waals surface area contributed by atoms with Crippen LogP contribution < -0.4 is 4.74 Å². The zero-order chi connectivity index (χ0) is 15.4. The molecular formula is C16H20FN3O2. The van der Waals surface area contributed by atoms with Gasteiger partial charge in [0.15, 0.2) is 0 Å². The monoisotopic (exact) mass is 305 g/mol. The summed E-state index contributed by atoms with van der Waals surface area (Å²) in [4.78, 5) is 9.98. The number of morpholine rings is 1. The molecule has 0 amide bonds. The van der Waals surface area contributed by atoms with Gasteiger partial charge in [0.2, 0.25) is 0 Å². The number of ether oxygens (including phenoxy) is 2. The van der Waals surface area contributed by atoms with Crippen molar-refractivity contribution in [1.29, 1.82) is 0 Å². The summed E-state index contributed by atoms with van der Waals surface area (Å²) in [5, 5.41) is 0. The third-order valence-electron chi connectivity index (χ3n) is 3.74. The van der Waals surface area contributed by atoms with E-state index in [1.165, 1.54) is 12.1 Å². The lowest BCUT2D eigenvalue weighted by atomic mass is 10.2. The van der Waals surface area contributed by atoms with Crippen molar-refractivity contribution in [3.05, 3.63) is 47.8 Å². The lowest BCUT2D eigenvalue weighted by molar-refractivity contribution is -0.0161. The Balaban J connectivity index is 1.56. The summed E-state index contributed by atoms with van der Waals surface area (Å²) in [6.07, 6.45) is 1.83. The maximum Gasteiger partial charge on any atom is 0.126 e. The van der Waals surface area contributed by atoms with Gasteiger partial charge in [0.25, 0.3) is 0 Å². The molecule has 0 aliphatic carbocycles. The maximum atomic E-state index is 12.9. The van der Waals surface area contributed by atoms with Crippen molar-refractivity contribution >= 4 is 0 Å². The molecule has 1 saturated heterocycles. The number of hydrogen-bond donors (Lipinski definition) is 1.